The Morgan fingerprint density at radius 3 is 2.30 bits per heavy atom. The number of carbonyl (C=O) groups is 2. The van der Waals surface area contributed by atoms with Gasteiger partial charge in [-0.05, 0) is 12.1 Å². The second-order valence-electron chi connectivity index (χ2n) is 6.25. The Bertz CT molecular complexity index is 1130. The highest BCUT2D eigenvalue weighted by Crippen LogP contribution is 2.25. The molecule has 0 saturated heterocycles. The van der Waals surface area contributed by atoms with Crippen LogP contribution < -0.4 is 10.6 Å². The zero-order valence-electron chi connectivity index (χ0n) is 14.3. The first kappa shape index (κ1) is 16.7. The third kappa shape index (κ3) is 3.22. The quantitative estimate of drug-likeness (QED) is 0.375. The van der Waals surface area contributed by atoms with Gasteiger partial charge in [-0.2, -0.15) is 0 Å². The summed E-state index contributed by atoms with van der Waals surface area (Å²) in [5, 5.41) is 16.1. The van der Waals surface area contributed by atoms with Crippen molar-refractivity contribution in [2.75, 3.05) is 6.54 Å². The minimum atomic E-state index is -1.14. The Hall–Kier alpha value is -3.74. The first-order valence-corrected chi connectivity index (χ1v) is 8.53. The lowest BCUT2D eigenvalue weighted by Crippen LogP contribution is -2.37. The number of carbonyl (C=O) groups excluding carboxylic acids is 1. The summed E-state index contributed by atoms with van der Waals surface area (Å²) in [6.45, 7) is 0.0608. The number of nitrogens with one attached hydrogen (secondary N) is 4. The Kier molecular flexibility index (Phi) is 4.25. The molecule has 0 saturated carbocycles. The summed E-state index contributed by atoms with van der Waals surface area (Å²) in [6, 6.07) is 14.7. The van der Waals surface area contributed by atoms with Crippen molar-refractivity contribution in [1.82, 2.24) is 20.6 Å². The lowest BCUT2D eigenvalue weighted by Gasteiger charge is -2.18. The summed E-state index contributed by atoms with van der Waals surface area (Å²) in [4.78, 5) is 30.1. The maximum atomic E-state index is 12.9. The van der Waals surface area contributed by atoms with E-state index in [9.17, 15) is 9.59 Å². The zero-order chi connectivity index (χ0) is 18.8. The smallest absolute Gasteiger partial charge is 0.404 e. The predicted octanol–water partition coefficient (Wildman–Crippen LogP) is 3.39. The molecule has 7 nitrogen and oxygen atoms in total. The molecule has 2 aromatic carbocycles. The number of benzene rings is 2. The van der Waals surface area contributed by atoms with Crippen LogP contribution in [0.4, 0.5) is 4.79 Å². The molecule has 0 fully saturated rings. The van der Waals surface area contributed by atoms with Gasteiger partial charge in [0.25, 0.3) is 5.91 Å². The molecular weight excluding hydrogens is 344 g/mol. The van der Waals surface area contributed by atoms with Crippen molar-refractivity contribution in [3.8, 4) is 0 Å². The average molecular weight is 362 g/mol. The summed E-state index contributed by atoms with van der Waals surface area (Å²) in [5.74, 6) is -0.269. The highest BCUT2D eigenvalue weighted by atomic mass is 16.4. The van der Waals surface area contributed by atoms with E-state index >= 15 is 0 Å². The van der Waals surface area contributed by atoms with E-state index in [1.165, 1.54) is 0 Å². The van der Waals surface area contributed by atoms with Gasteiger partial charge in [-0.1, -0.05) is 36.4 Å². The second-order valence-corrected chi connectivity index (χ2v) is 6.25. The van der Waals surface area contributed by atoms with Crippen LogP contribution in [0.15, 0.2) is 60.9 Å². The van der Waals surface area contributed by atoms with Gasteiger partial charge in [-0.25, -0.2) is 4.79 Å². The van der Waals surface area contributed by atoms with Gasteiger partial charge in [0.15, 0.2) is 0 Å². The molecule has 5 N–H and O–H groups in total. The third-order valence-electron chi connectivity index (χ3n) is 4.59. The van der Waals surface area contributed by atoms with Gasteiger partial charge >= 0.3 is 6.09 Å². The van der Waals surface area contributed by atoms with E-state index in [0.29, 0.717) is 5.56 Å². The summed E-state index contributed by atoms with van der Waals surface area (Å²) in [6.07, 6.45) is 2.33. The molecule has 0 bridgehead atoms. The molecule has 0 aliphatic rings. The molecule has 1 unspecified atom stereocenters. The minimum absolute atomic E-state index is 0.0608. The lowest BCUT2D eigenvalue weighted by atomic mass is 10.0. The molecule has 2 aromatic heterocycles. The summed E-state index contributed by atoms with van der Waals surface area (Å²) in [7, 11) is 0. The highest BCUT2D eigenvalue weighted by Gasteiger charge is 2.21. The van der Waals surface area contributed by atoms with E-state index in [0.717, 1.165) is 27.4 Å². The van der Waals surface area contributed by atoms with Crippen molar-refractivity contribution < 1.29 is 14.7 Å². The minimum Gasteiger partial charge on any atom is -0.465 e. The van der Waals surface area contributed by atoms with Gasteiger partial charge in [0.2, 0.25) is 0 Å². The van der Waals surface area contributed by atoms with Crippen molar-refractivity contribution in [2.24, 2.45) is 0 Å². The van der Waals surface area contributed by atoms with Gasteiger partial charge in [-0.15, -0.1) is 0 Å². The summed E-state index contributed by atoms with van der Waals surface area (Å²) >= 11 is 0. The number of aromatic amines is 2. The second kappa shape index (κ2) is 6.87. The van der Waals surface area contributed by atoms with Crippen LogP contribution in [0, 0.1) is 0 Å². The molecule has 0 aliphatic heterocycles. The lowest BCUT2D eigenvalue weighted by molar-refractivity contribution is 0.0937. The number of fused-ring (bicyclic) bond motifs is 2. The molecule has 4 aromatic rings. The fourth-order valence-corrected chi connectivity index (χ4v) is 3.31. The third-order valence-corrected chi connectivity index (χ3v) is 4.59. The maximum Gasteiger partial charge on any atom is 0.404 e. The Balaban J connectivity index is 1.66. The molecule has 7 heteroatoms. The van der Waals surface area contributed by atoms with Gasteiger partial charge in [-0.3, -0.25) is 4.79 Å². The molecule has 2 heterocycles. The van der Waals surface area contributed by atoms with Crippen LogP contribution >= 0.6 is 0 Å². The fourth-order valence-electron chi connectivity index (χ4n) is 3.31. The molecule has 0 radical (unpaired) electrons. The average Bonchev–Trinajstić information content (AvgIpc) is 3.29. The predicted molar refractivity (Wildman–Crippen MR) is 103 cm³/mol. The molecular formula is C20H18N4O3. The standard InChI is InChI=1S/C20H18N4O3/c25-19(15-10-22-17-8-4-2-6-13(15)17)24-18(11-23-20(26)27)14-9-21-16-7-3-1-5-12(14)16/h1-10,18,21-23H,11H2,(H,24,25)(H,26,27). The van der Waals surface area contributed by atoms with Crippen molar-refractivity contribution in [3.05, 3.63) is 72.1 Å². The molecule has 4 rings (SSSR count). The van der Waals surface area contributed by atoms with Crippen LogP contribution in [-0.2, 0) is 0 Å². The number of aromatic nitrogens is 2. The maximum absolute atomic E-state index is 12.9. The molecule has 1 atom stereocenters. The number of H-pyrrole nitrogens is 2. The van der Waals surface area contributed by atoms with Crippen LogP contribution in [0.5, 0.6) is 0 Å². The Morgan fingerprint density at radius 1 is 0.926 bits per heavy atom. The largest absolute Gasteiger partial charge is 0.465 e. The topological polar surface area (TPSA) is 110 Å². The van der Waals surface area contributed by atoms with E-state index in [1.54, 1.807) is 12.4 Å². The van der Waals surface area contributed by atoms with Gasteiger partial charge < -0.3 is 25.7 Å². The number of amides is 2. The summed E-state index contributed by atoms with van der Waals surface area (Å²) in [5.41, 5.74) is 3.14. The number of hydrogen-bond donors (Lipinski definition) is 5. The molecule has 2 amide bonds. The van der Waals surface area contributed by atoms with Gasteiger partial charge in [0.1, 0.15) is 0 Å². The zero-order valence-corrected chi connectivity index (χ0v) is 14.3. The highest BCUT2D eigenvalue weighted by molar-refractivity contribution is 6.07. The van der Waals surface area contributed by atoms with Crippen molar-refractivity contribution in [2.45, 2.75) is 6.04 Å². The first-order chi connectivity index (χ1) is 13.1. The van der Waals surface area contributed by atoms with Crippen LogP contribution in [0.1, 0.15) is 22.0 Å². The first-order valence-electron chi connectivity index (χ1n) is 8.53. The Morgan fingerprint density at radius 2 is 1.56 bits per heavy atom. The van der Waals surface area contributed by atoms with Crippen LogP contribution in [0.3, 0.4) is 0 Å². The fraction of sp³-hybridized carbons (Fsp3) is 0.100. The molecule has 136 valence electrons. The monoisotopic (exact) mass is 362 g/mol. The number of hydrogen-bond acceptors (Lipinski definition) is 2. The number of carboxylic acid groups (broad SMARTS) is 1. The SMILES string of the molecule is O=C(O)NCC(NC(=O)c1c[nH]c2ccccc12)c1c[nH]c2ccccc12. The van der Waals surface area contributed by atoms with E-state index < -0.39 is 12.1 Å². The number of para-hydroxylation sites is 2. The summed E-state index contributed by atoms with van der Waals surface area (Å²) < 4.78 is 0. The van der Waals surface area contributed by atoms with Crippen molar-refractivity contribution in [1.29, 1.82) is 0 Å². The van der Waals surface area contributed by atoms with Gasteiger partial charge in [0, 0.05) is 46.3 Å². The van der Waals surface area contributed by atoms with Crippen LogP contribution in [0.25, 0.3) is 21.8 Å². The number of rotatable bonds is 5. The molecule has 0 spiro atoms. The van der Waals surface area contributed by atoms with Gasteiger partial charge in [0.05, 0.1) is 11.6 Å². The van der Waals surface area contributed by atoms with E-state index in [1.807, 2.05) is 48.5 Å². The molecule has 27 heavy (non-hydrogen) atoms. The van der Waals surface area contributed by atoms with Crippen molar-refractivity contribution >= 4 is 33.8 Å². The molecule has 0 aliphatic carbocycles. The Labute approximate surface area is 154 Å². The van der Waals surface area contributed by atoms with Crippen LogP contribution in [-0.4, -0.2) is 33.6 Å². The normalized spacial score (nSPS) is 12.1. The van der Waals surface area contributed by atoms with E-state index in [2.05, 4.69) is 20.6 Å². The van der Waals surface area contributed by atoms with Crippen LogP contribution in [0.2, 0.25) is 0 Å². The van der Waals surface area contributed by atoms with E-state index in [-0.39, 0.29) is 12.5 Å². The van der Waals surface area contributed by atoms with E-state index in [4.69, 9.17) is 5.11 Å². The van der Waals surface area contributed by atoms with Crippen molar-refractivity contribution in [3.63, 3.8) is 0 Å².